The first-order chi connectivity index (χ1) is 8.04. The minimum Gasteiger partial charge on any atom is -0.353 e. The number of rotatable bonds is 1. The molecule has 2 rings (SSSR count). The van der Waals surface area contributed by atoms with E-state index >= 15 is 0 Å². The summed E-state index contributed by atoms with van der Waals surface area (Å²) in [7, 11) is 1.89. The highest BCUT2D eigenvalue weighted by Crippen LogP contribution is 2.51. The molecule has 4 nitrogen and oxygen atoms in total. The van der Waals surface area contributed by atoms with Crippen molar-refractivity contribution in [2.45, 2.75) is 11.8 Å². The number of thiophene rings is 1. The van der Waals surface area contributed by atoms with Gasteiger partial charge in [0, 0.05) is 13.6 Å². The molecule has 8 heteroatoms. The number of nitrogens with one attached hydrogen (secondary N) is 1. The number of nitrogens with zero attached hydrogens (tertiary/aromatic N) is 2. The Morgan fingerprint density at radius 3 is 2.82 bits per heavy atom. The van der Waals surface area contributed by atoms with Crippen LogP contribution in [0, 0.1) is 0 Å². The fourth-order valence-electron chi connectivity index (χ4n) is 1.51. The lowest BCUT2D eigenvalue weighted by atomic mass is 10.5. The zero-order chi connectivity index (χ0) is 12.6. The highest BCUT2D eigenvalue weighted by atomic mass is 35.5. The van der Waals surface area contributed by atoms with E-state index in [0.29, 0.717) is 21.9 Å². The van der Waals surface area contributed by atoms with Gasteiger partial charge in [-0.1, -0.05) is 23.2 Å². The van der Waals surface area contributed by atoms with E-state index in [9.17, 15) is 4.79 Å². The second kappa shape index (κ2) is 5.14. The maximum Gasteiger partial charge on any atom is 0.329 e. The molecular weight excluding hydrogens is 301 g/mol. The number of hydrogen-bond acceptors (Lipinski definition) is 4. The minimum absolute atomic E-state index is 0.117. The molecular formula is C9H11Cl2N3OS2. The Balaban J connectivity index is 2.27. The Morgan fingerprint density at radius 2 is 2.18 bits per heavy atom. The Bertz CT molecular complexity index is 452. The number of halogens is 2. The zero-order valence-corrected chi connectivity index (χ0v) is 12.4. The molecule has 1 aromatic heterocycles. The maximum atomic E-state index is 11.8. The molecule has 0 bridgehead atoms. The maximum absolute atomic E-state index is 11.8. The number of amides is 2. The standard InChI is InChI=1S/C9H11Cl2N3OS2/c1-3-12-9(15)14-4-13(2)5-6(17-14)8(11)16-7(5)10/h3-4H2,1-2H3,(H,12,15). The number of carbonyl (C=O) groups excluding carboxylic acids is 1. The molecule has 0 saturated heterocycles. The second-order valence-corrected chi connectivity index (χ2v) is 6.73. The van der Waals surface area contributed by atoms with Crippen LogP contribution in [0.3, 0.4) is 0 Å². The van der Waals surface area contributed by atoms with E-state index in [1.54, 1.807) is 4.31 Å². The summed E-state index contributed by atoms with van der Waals surface area (Å²) < 4.78 is 2.91. The van der Waals surface area contributed by atoms with Crippen molar-refractivity contribution < 1.29 is 4.79 Å². The van der Waals surface area contributed by atoms with Gasteiger partial charge in [-0.05, 0) is 18.9 Å². The molecule has 0 aromatic carbocycles. The summed E-state index contributed by atoms with van der Waals surface area (Å²) >= 11 is 14.9. The van der Waals surface area contributed by atoms with Crippen molar-refractivity contribution in [1.82, 2.24) is 9.62 Å². The van der Waals surface area contributed by atoms with Crippen molar-refractivity contribution in [3.63, 3.8) is 0 Å². The average Bonchev–Trinajstić information content (AvgIpc) is 2.55. The molecule has 1 aromatic rings. The lowest BCUT2D eigenvalue weighted by Crippen LogP contribution is -2.43. The first kappa shape index (κ1) is 13.1. The molecule has 1 aliphatic heterocycles. The van der Waals surface area contributed by atoms with Gasteiger partial charge < -0.3 is 10.2 Å². The van der Waals surface area contributed by atoms with Crippen molar-refractivity contribution in [3.8, 4) is 0 Å². The highest BCUT2D eigenvalue weighted by Gasteiger charge is 2.30. The summed E-state index contributed by atoms with van der Waals surface area (Å²) in [5, 5.41) is 2.76. The summed E-state index contributed by atoms with van der Waals surface area (Å²) in [4.78, 5) is 14.5. The number of hydrogen-bond donors (Lipinski definition) is 1. The molecule has 17 heavy (non-hydrogen) atoms. The van der Waals surface area contributed by atoms with Crippen LogP contribution in [0.4, 0.5) is 10.5 Å². The van der Waals surface area contributed by atoms with Crippen molar-refractivity contribution in [1.29, 1.82) is 0 Å². The molecule has 94 valence electrons. The fourth-order valence-corrected chi connectivity index (χ4v) is 4.59. The van der Waals surface area contributed by atoms with Gasteiger partial charge in [0.15, 0.2) is 0 Å². The fraction of sp³-hybridized carbons (Fsp3) is 0.444. The summed E-state index contributed by atoms with van der Waals surface area (Å²) in [5.41, 5.74) is 0.909. The van der Waals surface area contributed by atoms with Gasteiger partial charge in [-0.2, -0.15) is 0 Å². The first-order valence-corrected chi connectivity index (χ1v) is 7.31. The van der Waals surface area contributed by atoms with Crippen LogP contribution in [0.1, 0.15) is 6.92 Å². The summed E-state index contributed by atoms with van der Waals surface area (Å²) in [6.07, 6.45) is 0. The van der Waals surface area contributed by atoms with E-state index in [0.717, 1.165) is 10.6 Å². The van der Waals surface area contributed by atoms with Crippen LogP contribution in [0.25, 0.3) is 0 Å². The molecule has 0 radical (unpaired) electrons. The number of fused-ring (bicyclic) bond motifs is 1. The van der Waals surface area contributed by atoms with E-state index in [4.69, 9.17) is 23.2 Å². The van der Waals surface area contributed by atoms with Gasteiger partial charge in [-0.15, -0.1) is 11.3 Å². The van der Waals surface area contributed by atoms with Crippen LogP contribution < -0.4 is 10.2 Å². The smallest absolute Gasteiger partial charge is 0.329 e. The molecule has 1 N–H and O–H groups in total. The molecule has 2 heterocycles. The van der Waals surface area contributed by atoms with Crippen molar-refractivity contribution in [3.05, 3.63) is 8.67 Å². The normalized spacial score (nSPS) is 14.8. The van der Waals surface area contributed by atoms with Gasteiger partial charge in [0.1, 0.15) is 15.3 Å². The van der Waals surface area contributed by atoms with Crippen LogP contribution in [0.2, 0.25) is 8.67 Å². The van der Waals surface area contributed by atoms with Crippen LogP contribution in [0.15, 0.2) is 4.90 Å². The summed E-state index contributed by atoms with van der Waals surface area (Å²) in [6.45, 7) is 2.97. The minimum atomic E-state index is -0.117. The molecule has 1 aliphatic rings. The number of anilines is 1. The summed E-state index contributed by atoms with van der Waals surface area (Å²) in [5.74, 6) is 0. The topological polar surface area (TPSA) is 35.6 Å². The Hall–Kier alpha value is -0.300. The van der Waals surface area contributed by atoms with Crippen molar-refractivity contribution in [2.75, 3.05) is 25.2 Å². The van der Waals surface area contributed by atoms with Crippen LogP contribution in [0.5, 0.6) is 0 Å². The summed E-state index contributed by atoms with van der Waals surface area (Å²) in [6, 6.07) is -0.117. The van der Waals surface area contributed by atoms with E-state index in [-0.39, 0.29) is 6.03 Å². The third-order valence-electron chi connectivity index (χ3n) is 2.24. The van der Waals surface area contributed by atoms with Gasteiger partial charge in [0.25, 0.3) is 0 Å². The van der Waals surface area contributed by atoms with E-state index < -0.39 is 0 Å². The first-order valence-electron chi connectivity index (χ1n) is 4.96. The SMILES string of the molecule is CCNC(=O)N1CN(C)c2c(Cl)sc(Cl)c2S1. The monoisotopic (exact) mass is 311 g/mol. The van der Waals surface area contributed by atoms with Crippen LogP contribution in [-0.4, -0.2) is 30.6 Å². The van der Waals surface area contributed by atoms with Gasteiger partial charge >= 0.3 is 6.03 Å². The lowest BCUT2D eigenvalue weighted by molar-refractivity contribution is 0.226. The van der Waals surface area contributed by atoms with Crippen molar-refractivity contribution >= 4 is 58.2 Å². The quantitative estimate of drug-likeness (QED) is 0.806. The molecule has 0 unspecified atom stereocenters. The van der Waals surface area contributed by atoms with Crippen LogP contribution >= 0.6 is 46.5 Å². The third kappa shape index (κ3) is 2.45. The molecule has 0 spiro atoms. The largest absolute Gasteiger partial charge is 0.353 e. The number of carbonyl (C=O) groups is 1. The molecule has 2 amide bonds. The third-order valence-corrected chi connectivity index (χ3v) is 5.15. The van der Waals surface area contributed by atoms with Gasteiger partial charge in [0.05, 0.1) is 10.6 Å². The van der Waals surface area contributed by atoms with Crippen LogP contribution in [-0.2, 0) is 0 Å². The Kier molecular flexibility index (Phi) is 3.97. The molecule has 0 aliphatic carbocycles. The van der Waals surface area contributed by atoms with E-state index in [2.05, 4.69) is 5.32 Å². The Labute approximate surface area is 118 Å². The van der Waals surface area contributed by atoms with Gasteiger partial charge in [-0.25, -0.2) is 9.10 Å². The molecule has 0 fully saturated rings. The van der Waals surface area contributed by atoms with E-state index in [1.165, 1.54) is 23.3 Å². The van der Waals surface area contributed by atoms with Gasteiger partial charge in [0.2, 0.25) is 0 Å². The van der Waals surface area contributed by atoms with Gasteiger partial charge in [-0.3, -0.25) is 0 Å². The van der Waals surface area contributed by atoms with Crippen molar-refractivity contribution in [2.24, 2.45) is 0 Å². The number of urea groups is 1. The molecule has 0 saturated carbocycles. The highest BCUT2D eigenvalue weighted by molar-refractivity contribution is 7.98. The van der Waals surface area contributed by atoms with E-state index in [1.807, 2.05) is 18.9 Å². The molecule has 0 atom stereocenters. The average molecular weight is 312 g/mol. The lowest BCUT2D eigenvalue weighted by Gasteiger charge is -2.33. The Morgan fingerprint density at radius 1 is 1.47 bits per heavy atom. The predicted molar refractivity (Wildman–Crippen MR) is 74.4 cm³/mol. The second-order valence-electron chi connectivity index (χ2n) is 3.47. The zero-order valence-electron chi connectivity index (χ0n) is 9.29. The predicted octanol–water partition coefficient (Wildman–Crippen LogP) is 3.50.